The van der Waals surface area contributed by atoms with Crippen LogP contribution in [0.25, 0.3) is 0 Å². The Kier molecular flexibility index (Phi) is 4.81. The minimum Gasteiger partial charge on any atom is -0.481 e. The first-order chi connectivity index (χ1) is 8.29. The highest BCUT2D eigenvalue weighted by molar-refractivity contribution is 5.38. The lowest BCUT2D eigenvalue weighted by Crippen LogP contribution is -2.03. The van der Waals surface area contributed by atoms with Crippen molar-refractivity contribution in [1.29, 1.82) is 0 Å². The van der Waals surface area contributed by atoms with Gasteiger partial charge in [0.2, 0.25) is 0 Å². The zero-order chi connectivity index (χ0) is 13.8. The molecule has 0 radical (unpaired) electrons. The Morgan fingerprint density at radius 2 is 2.00 bits per heavy atom. The third-order valence-electron chi connectivity index (χ3n) is 2.38. The Balaban J connectivity index is 2.75. The highest BCUT2D eigenvalue weighted by Gasteiger charge is 2.09. The van der Waals surface area contributed by atoms with Gasteiger partial charge < -0.3 is 9.84 Å². The van der Waals surface area contributed by atoms with Crippen LogP contribution in [0.5, 0.6) is 5.75 Å². The molecule has 1 atom stereocenters. The molecule has 0 fully saturated rings. The minimum absolute atomic E-state index is 0.0102. The monoisotopic (exact) mass is 246 g/mol. The molecule has 18 heavy (non-hydrogen) atoms. The fraction of sp³-hybridized carbons (Fsp3) is 0.500. The molecule has 0 aromatic heterocycles. The number of aliphatic hydroxyl groups is 1. The van der Waals surface area contributed by atoms with E-state index in [-0.39, 0.29) is 5.41 Å². The van der Waals surface area contributed by atoms with Crippen molar-refractivity contribution < 1.29 is 9.84 Å². The zero-order valence-electron chi connectivity index (χ0n) is 11.9. The molecular formula is C16H22O2. The number of benzene rings is 1. The van der Waals surface area contributed by atoms with E-state index < -0.39 is 6.10 Å². The fourth-order valence-corrected chi connectivity index (χ4v) is 1.54. The van der Waals surface area contributed by atoms with Crippen molar-refractivity contribution in [2.45, 2.75) is 40.7 Å². The number of ether oxygens (including phenoxy) is 1. The molecule has 0 bridgehead atoms. The van der Waals surface area contributed by atoms with Gasteiger partial charge in [0.1, 0.15) is 12.4 Å². The van der Waals surface area contributed by atoms with Crippen molar-refractivity contribution in [3.63, 3.8) is 0 Å². The Hall–Kier alpha value is -1.46. The van der Waals surface area contributed by atoms with Gasteiger partial charge in [-0.15, -0.1) is 0 Å². The SMILES string of the molecule is Cc1ccc(OCC#CC(C)(C)C)c([C@H](C)O)c1. The van der Waals surface area contributed by atoms with Crippen LogP contribution in [0.3, 0.4) is 0 Å². The van der Waals surface area contributed by atoms with Gasteiger partial charge in [0, 0.05) is 11.0 Å². The average Bonchev–Trinajstić information content (AvgIpc) is 2.24. The number of hydrogen-bond acceptors (Lipinski definition) is 2. The van der Waals surface area contributed by atoms with Crippen LogP contribution in [-0.2, 0) is 0 Å². The Labute approximate surface area is 110 Å². The van der Waals surface area contributed by atoms with Crippen LogP contribution in [0.2, 0.25) is 0 Å². The molecule has 1 rings (SSSR count). The second-order valence-corrected chi connectivity index (χ2v) is 5.56. The Morgan fingerprint density at radius 3 is 2.56 bits per heavy atom. The number of hydrogen-bond donors (Lipinski definition) is 1. The molecule has 0 aliphatic rings. The Morgan fingerprint density at radius 1 is 1.33 bits per heavy atom. The molecule has 0 heterocycles. The quantitative estimate of drug-likeness (QED) is 0.827. The van der Waals surface area contributed by atoms with Crippen molar-refractivity contribution >= 4 is 0 Å². The topological polar surface area (TPSA) is 29.5 Å². The van der Waals surface area contributed by atoms with E-state index in [1.54, 1.807) is 6.92 Å². The molecule has 2 nitrogen and oxygen atoms in total. The van der Waals surface area contributed by atoms with Crippen LogP contribution < -0.4 is 4.74 Å². The smallest absolute Gasteiger partial charge is 0.149 e. The molecule has 1 N–H and O–H groups in total. The van der Waals surface area contributed by atoms with E-state index in [1.165, 1.54) is 0 Å². The molecule has 0 amide bonds. The lowest BCUT2D eigenvalue weighted by Gasteiger charge is -2.13. The molecule has 0 spiro atoms. The first-order valence-corrected chi connectivity index (χ1v) is 6.21. The first kappa shape index (κ1) is 14.6. The summed E-state index contributed by atoms with van der Waals surface area (Å²) in [6, 6.07) is 5.80. The van der Waals surface area contributed by atoms with E-state index in [1.807, 2.05) is 25.1 Å². The van der Waals surface area contributed by atoms with E-state index in [2.05, 4.69) is 32.6 Å². The maximum Gasteiger partial charge on any atom is 0.149 e. The summed E-state index contributed by atoms with van der Waals surface area (Å²) >= 11 is 0. The van der Waals surface area contributed by atoms with Crippen molar-refractivity contribution in [2.24, 2.45) is 5.41 Å². The van der Waals surface area contributed by atoms with E-state index in [0.717, 1.165) is 11.1 Å². The summed E-state index contributed by atoms with van der Waals surface area (Å²) in [7, 11) is 0. The molecular weight excluding hydrogens is 224 g/mol. The highest BCUT2D eigenvalue weighted by atomic mass is 16.5. The number of aryl methyl sites for hydroxylation is 1. The fourth-order valence-electron chi connectivity index (χ4n) is 1.54. The van der Waals surface area contributed by atoms with Gasteiger partial charge in [0.25, 0.3) is 0 Å². The van der Waals surface area contributed by atoms with Gasteiger partial charge in [-0.25, -0.2) is 0 Å². The largest absolute Gasteiger partial charge is 0.481 e. The third-order valence-corrected chi connectivity index (χ3v) is 2.38. The van der Waals surface area contributed by atoms with Crippen LogP contribution in [-0.4, -0.2) is 11.7 Å². The van der Waals surface area contributed by atoms with E-state index in [9.17, 15) is 5.11 Å². The Bertz CT molecular complexity index is 456. The first-order valence-electron chi connectivity index (χ1n) is 6.21. The molecule has 1 aromatic carbocycles. The van der Waals surface area contributed by atoms with E-state index >= 15 is 0 Å². The van der Waals surface area contributed by atoms with Crippen molar-refractivity contribution in [2.75, 3.05) is 6.61 Å². The van der Waals surface area contributed by atoms with Gasteiger partial charge in [0.05, 0.1) is 6.10 Å². The molecule has 0 unspecified atom stereocenters. The summed E-state index contributed by atoms with van der Waals surface area (Å²) in [5, 5.41) is 9.70. The summed E-state index contributed by atoms with van der Waals surface area (Å²) in [5.74, 6) is 6.82. The molecule has 1 aromatic rings. The zero-order valence-corrected chi connectivity index (χ0v) is 11.9. The van der Waals surface area contributed by atoms with Crippen molar-refractivity contribution in [1.82, 2.24) is 0 Å². The molecule has 98 valence electrons. The van der Waals surface area contributed by atoms with Crippen LogP contribution >= 0.6 is 0 Å². The normalized spacial score (nSPS) is 12.6. The maximum atomic E-state index is 9.70. The minimum atomic E-state index is -0.532. The molecule has 0 aliphatic carbocycles. The molecule has 2 heteroatoms. The van der Waals surface area contributed by atoms with Gasteiger partial charge in [-0.05, 0) is 46.8 Å². The second-order valence-electron chi connectivity index (χ2n) is 5.56. The predicted octanol–water partition coefficient (Wildman–Crippen LogP) is 3.48. The summed E-state index contributed by atoms with van der Waals surface area (Å²) < 4.78 is 5.62. The second kappa shape index (κ2) is 5.93. The average molecular weight is 246 g/mol. The third kappa shape index (κ3) is 4.81. The lowest BCUT2D eigenvalue weighted by molar-refractivity contribution is 0.193. The summed E-state index contributed by atoms with van der Waals surface area (Å²) in [6.07, 6.45) is -0.532. The van der Waals surface area contributed by atoms with Gasteiger partial charge >= 0.3 is 0 Å². The predicted molar refractivity (Wildman–Crippen MR) is 74.5 cm³/mol. The van der Waals surface area contributed by atoms with Gasteiger partial charge in [-0.1, -0.05) is 23.5 Å². The summed E-state index contributed by atoms with van der Waals surface area (Å²) in [5.41, 5.74) is 1.91. The molecule has 0 aliphatic heterocycles. The molecule has 0 saturated heterocycles. The van der Waals surface area contributed by atoms with Gasteiger partial charge in [0.15, 0.2) is 0 Å². The van der Waals surface area contributed by atoms with Crippen molar-refractivity contribution in [3.8, 4) is 17.6 Å². The molecule has 0 saturated carbocycles. The van der Waals surface area contributed by atoms with Crippen LogP contribution in [0.1, 0.15) is 44.9 Å². The highest BCUT2D eigenvalue weighted by Crippen LogP contribution is 2.26. The van der Waals surface area contributed by atoms with Crippen LogP contribution in [0, 0.1) is 24.2 Å². The van der Waals surface area contributed by atoms with E-state index in [0.29, 0.717) is 12.4 Å². The lowest BCUT2D eigenvalue weighted by atomic mass is 9.98. The van der Waals surface area contributed by atoms with Crippen LogP contribution in [0.4, 0.5) is 0 Å². The summed E-state index contributed by atoms with van der Waals surface area (Å²) in [4.78, 5) is 0. The summed E-state index contributed by atoms with van der Waals surface area (Å²) in [6.45, 7) is 10.3. The van der Waals surface area contributed by atoms with Crippen LogP contribution in [0.15, 0.2) is 18.2 Å². The van der Waals surface area contributed by atoms with Crippen molar-refractivity contribution in [3.05, 3.63) is 29.3 Å². The van der Waals surface area contributed by atoms with Gasteiger partial charge in [-0.2, -0.15) is 0 Å². The maximum absolute atomic E-state index is 9.70. The van der Waals surface area contributed by atoms with Gasteiger partial charge in [-0.3, -0.25) is 0 Å². The number of rotatable bonds is 3. The standard InChI is InChI=1S/C16H22O2/c1-12-7-8-15(14(11-12)13(2)17)18-10-6-9-16(3,4)5/h7-8,11,13,17H,10H2,1-5H3/t13-/m0/s1. The number of aliphatic hydroxyl groups excluding tert-OH is 1. The van der Waals surface area contributed by atoms with E-state index in [4.69, 9.17) is 4.74 Å².